The number of hydrogen-bond acceptors (Lipinski definition) is 3. The van der Waals surface area contributed by atoms with E-state index in [4.69, 9.17) is 4.74 Å². The van der Waals surface area contributed by atoms with Crippen molar-refractivity contribution >= 4 is 29.0 Å². The second-order valence-electron chi connectivity index (χ2n) is 7.19. The molecule has 1 heterocycles. The van der Waals surface area contributed by atoms with E-state index in [1.54, 1.807) is 42.3 Å². The molecule has 4 rings (SSSR count). The second-order valence-corrected chi connectivity index (χ2v) is 7.19. The maximum absolute atomic E-state index is 12.9. The van der Waals surface area contributed by atoms with Crippen molar-refractivity contribution < 1.29 is 14.3 Å². The Hall–Kier alpha value is -3.80. The molecule has 0 aromatic heterocycles. The van der Waals surface area contributed by atoms with Crippen LogP contribution in [-0.4, -0.2) is 25.6 Å². The van der Waals surface area contributed by atoms with Crippen molar-refractivity contribution in [1.82, 2.24) is 0 Å². The summed E-state index contributed by atoms with van der Waals surface area (Å²) in [6, 6.07) is 20.1. The first-order valence-corrected chi connectivity index (χ1v) is 9.77. The van der Waals surface area contributed by atoms with Crippen LogP contribution in [0.15, 0.2) is 66.7 Å². The van der Waals surface area contributed by atoms with Crippen LogP contribution < -0.4 is 20.3 Å². The average Bonchev–Trinajstić information content (AvgIpc) is 3.18. The van der Waals surface area contributed by atoms with Crippen LogP contribution in [0.3, 0.4) is 0 Å². The zero-order valence-electron chi connectivity index (χ0n) is 16.9. The van der Waals surface area contributed by atoms with Gasteiger partial charge in [0.15, 0.2) is 0 Å². The van der Waals surface area contributed by atoms with Crippen molar-refractivity contribution in [3.8, 4) is 5.75 Å². The van der Waals surface area contributed by atoms with Crippen LogP contribution in [0.5, 0.6) is 5.75 Å². The predicted molar refractivity (Wildman–Crippen MR) is 119 cm³/mol. The zero-order valence-corrected chi connectivity index (χ0v) is 16.9. The van der Waals surface area contributed by atoms with E-state index in [2.05, 4.69) is 10.6 Å². The molecule has 2 N–H and O–H groups in total. The lowest BCUT2D eigenvalue weighted by atomic mass is 10.0. The van der Waals surface area contributed by atoms with Gasteiger partial charge in [0.25, 0.3) is 5.91 Å². The molecule has 0 fully saturated rings. The molecule has 0 saturated carbocycles. The monoisotopic (exact) mass is 401 g/mol. The summed E-state index contributed by atoms with van der Waals surface area (Å²) in [4.78, 5) is 27.4. The molecule has 3 aromatic carbocycles. The number of anilines is 3. The van der Waals surface area contributed by atoms with Gasteiger partial charge in [-0.25, -0.2) is 4.79 Å². The molecule has 0 spiro atoms. The third-order valence-corrected chi connectivity index (χ3v) is 5.13. The normalized spacial score (nSPS) is 12.3. The van der Waals surface area contributed by atoms with Gasteiger partial charge in [0.1, 0.15) is 5.75 Å². The smallest absolute Gasteiger partial charge is 0.326 e. The molecule has 1 aliphatic rings. The van der Waals surface area contributed by atoms with Gasteiger partial charge in [-0.3, -0.25) is 9.69 Å². The molecule has 0 radical (unpaired) electrons. The molecule has 0 unspecified atom stereocenters. The first-order chi connectivity index (χ1) is 14.5. The Kier molecular flexibility index (Phi) is 5.39. The summed E-state index contributed by atoms with van der Waals surface area (Å²) in [5, 5.41) is 5.86. The molecule has 152 valence electrons. The fourth-order valence-corrected chi connectivity index (χ4v) is 3.64. The molecule has 6 nitrogen and oxygen atoms in total. The Balaban J connectivity index is 1.52. The van der Waals surface area contributed by atoms with E-state index in [0.29, 0.717) is 24.2 Å². The predicted octanol–water partition coefficient (Wildman–Crippen LogP) is 4.85. The zero-order chi connectivity index (χ0) is 21.1. The summed E-state index contributed by atoms with van der Waals surface area (Å²) in [6.07, 6.45) is 0.628. The highest BCUT2D eigenvalue weighted by Gasteiger charge is 2.28. The Bertz CT molecular complexity index is 1090. The van der Waals surface area contributed by atoms with Crippen molar-refractivity contribution in [2.24, 2.45) is 0 Å². The van der Waals surface area contributed by atoms with E-state index in [1.165, 1.54) is 0 Å². The summed E-state index contributed by atoms with van der Waals surface area (Å²) in [7, 11) is 1.60. The fourth-order valence-electron chi connectivity index (χ4n) is 3.64. The van der Waals surface area contributed by atoms with Crippen molar-refractivity contribution in [2.45, 2.75) is 13.3 Å². The maximum atomic E-state index is 12.9. The number of nitrogens with one attached hydrogen (secondary N) is 2. The number of fused-ring (bicyclic) bond motifs is 1. The third kappa shape index (κ3) is 3.98. The van der Waals surface area contributed by atoms with Crippen molar-refractivity contribution in [3.63, 3.8) is 0 Å². The van der Waals surface area contributed by atoms with Gasteiger partial charge < -0.3 is 15.4 Å². The lowest BCUT2D eigenvalue weighted by Crippen LogP contribution is -2.33. The molecule has 6 heteroatoms. The summed E-state index contributed by atoms with van der Waals surface area (Å²) >= 11 is 0. The first kappa shape index (κ1) is 19.5. The summed E-state index contributed by atoms with van der Waals surface area (Å²) < 4.78 is 5.14. The summed E-state index contributed by atoms with van der Waals surface area (Å²) in [6.45, 7) is 2.50. The van der Waals surface area contributed by atoms with E-state index in [9.17, 15) is 9.59 Å². The number of nitrogens with zero attached hydrogens (tertiary/aromatic N) is 1. The minimum atomic E-state index is -0.227. The van der Waals surface area contributed by atoms with E-state index < -0.39 is 0 Å². The number of amides is 3. The topological polar surface area (TPSA) is 70.7 Å². The van der Waals surface area contributed by atoms with Crippen molar-refractivity contribution in [3.05, 3.63) is 83.4 Å². The van der Waals surface area contributed by atoms with Crippen LogP contribution in [0.4, 0.5) is 21.9 Å². The van der Waals surface area contributed by atoms with Gasteiger partial charge in [0, 0.05) is 29.2 Å². The molecular formula is C24H23N3O3. The van der Waals surface area contributed by atoms with Crippen LogP contribution in [0.1, 0.15) is 21.5 Å². The maximum Gasteiger partial charge on any atom is 0.326 e. The molecule has 3 amide bonds. The number of carbonyl (C=O) groups excluding carboxylic acids is 2. The summed E-state index contributed by atoms with van der Waals surface area (Å²) in [5.74, 6) is 0.554. The van der Waals surface area contributed by atoms with Gasteiger partial charge in [-0.05, 0) is 73.0 Å². The molecule has 0 atom stereocenters. The van der Waals surface area contributed by atoms with Gasteiger partial charge in [-0.1, -0.05) is 18.2 Å². The molecule has 1 aliphatic heterocycles. The minimum absolute atomic E-state index is 0.171. The number of urea groups is 1. The number of carbonyl (C=O) groups is 2. The fraction of sp³-hybridized carbons (Fsp3) is 0.167. The number of methoxy groups -OCH3 is 1. The Morgan fingerprint density at radius 3 is 2.43 bits per heavy atom. The third-order valence-electron chi connectivity index (χ3n) is 5.13. The number of hydrogen-bond donors (Lipinski definition) is 2. The number of aryl methyl sites for hydroxylation is 1. The Morgan fingerprint density at radius 2 is 1.70 bits per heavy atom. The van der Waals surface area contributed by atoms with Crippen LogP contribution >= 0.6 is 0 Å². The highest BCUT2D eigenvalue weighted by atomic mass is 16.5. The highest BCUT2D eigenvalue weighted by molar-refractivity contribution is 6.09. The first-order valence-electron chi connectivity index (χ1n) is 9.77. The molecule has 0 saturated heterocycles. The van der Waals surface area contributed by atoms with E-state index in [-0.39, 0.29) is 11.9 Å². The lowest BCUT2D eigenvalue weighted by Gasteiger charge is -2.19. The van der Waals surface area contributed by atoms with Gasteiger partial charge in [-0.15, -0.1) is 0 Å². The Morgan fingerprint density at radius 1 is 0.933 bits per heavy atom. The second kappa shape index (κ2) is 8.29. The molecule has 3 aromatic rings. The van der Waals surface area contributed by atoms with Gasteiger partial charge >= 0.3 is 6.03 Å². The minimum Gasteiger partial charge on any atom is -0.497 e. The lowest BCUT2D eigenvalue weighted by molar-refractivity contribution is 0.102. The largest absolute Gasteiger partial charge is 0.497 e. The average molecular weight is 401 g/mol. The quantitative estimate of drug-likeness (QED) is 0.656. The SMILES string of the molecule is COc1ccc(NC(=O)N2CCc3c(C(=O)Nc4cccc(C)c4)cccc32)cc1. The van der Waals surface area contributed by atoms with E-state index in [1.807, 2.05) is 43.3 Å². The number of benzene rings is 3. The standard InChI is InChI=1S/C24H23N3O3/c1-16-5-3-6-18(15-16)25-23(28)21-7-4-8-22-20(21)13-14-27(22)24(29)26-17-9-11-19(30-2)12-10-17/h3-12,15H,13-14H2,1-2H3,(H,25,28)(H,26,29). The molecular weight excluding hydrogens is 378 g/mol. The van der Waals surface area contributed by atoms with Crippen molar-refractivity contribution in [2.75, 3.05) is 29.2 Å². The van der Waals surface area contributed by atoms with Crippen LogP contribution in [0, 0.1) is 6.92 Å². The molecule has 0 bridgehead atoms. The highest BCUT2D eigenvalue weighted by Crippen LogP contribution is 2.32. The van der Waals surface area contributed by atoms with Crippen LogP contribution in [0.25, 0.3) is 0 Å². The molecule has 0 aliphatic carbocycles. The van der Waals surface area contributed by atoms with Crippen molar-refractivity contribution in [1.29, 1.82) is 0 Å². The number of rotatable bonds is 4. The van der Waals surface area contributed by atoms with E-state index >= 15 is 0 Å². The number of ether oxygens (including phenoxy) is 1. The van der Waals surface area contributed by atoms with Gasteiger partial charge in [0.05, 0.1) is 7.11 Å². The molecule has 30 heavy (non-hydrogen) atoms. The Labute approximate surface area is 175 Å². The van der Waals surface area contributed by atoms with Crippen LogP contribution in [0.2, 0.25) is 0 Å². The van der Waals surface area contributed by atoms with Crippen LogP contribution in [-0.2, 0) is 6.42 Å². The van der Waals surface area contributed by atoms with E-state index in [0.717, 1.165) is 28.3 Å². The summed E-state index contributed by atoms with van der Waals surface area (Å²) in [5.41, 5.74) is 4.75. The van der Waals surface area contributed by atoms with Gasteiger partial charge in [-0.2, -0.15) is 0 Å². The van der Waals surface area contributed by atoms with Gasteiger partial charge in [0.2, 0.25) is 0 Å².